The molecular formula is C12H12N4O3. The summed E-state index contributed by atoms with van der Waals surface area (Å²) < 4.78 is 5.46. The van der Waals surface area contributed by atoms with E-state index in [9.17, 15) is 10.1 Å². The Morgan fingerprint density at radius 3 is 3.00 bits per heavy atom. The number of ether oxygens (including phenoxy) is 1. The molecule has 0 saturated heterocycles. The van der Waals surface area contributed by atoms with E-state index in [0.29, 0.717) is 24.1 Å². The first-order chi connectivity index (χ1) is 9.19. The second kappa shape index (κ2) is 5.76. The second-order valence-corrected chi connectivity index (χ2v) is 3.61. The Hall–Kier alpha value is -2.70. The van der Waals surface area contributed by atoms with E-state index in [1.807, 2.05) is 6.92 Å². The third kappa shape index (κ3) is 3.38. The maximum Gasteiger partial charge on any atom is 0.273 e. The van der Waals surface area contributed by atoms with E-state index in [-0.39, 0.29) is 5.69 Å². The van der Waals surface area contributed by atoms with E-state index >= 15 is 0 Å². The SMILES string of the molecule is CCNc1nccc(Oc2cccc([N+](=O)[O-])c2)n1. The highest BCUT2D eigenvalue weighted by Crippen LogP contribution is 2.24. The predicted molar refractivity (Wildman–Crippen MR) is 69.4 cm³/mol. The molecule has 0 atom stereocenters. The van der Waals surface area contributed by atoms with Crippen molar-refractivity contribution in [2.24, 2.45) is 0 Å². The molecule has 1 heterocycles. The number of non-ortho nitro benzene ring substituents is 1. The molecule has 0 aliphatic heterocycles. The molecule has 0 bridgehead atoms. The Bertz CT molecular complexity index is 589. The molecule has 1 aromatic heterocycles. The van der Waals surface area contributed by atoms with Gasteiger partial charge in [-0.05, 0) is 13.0 Å². The van der Waals surface area contributed by atoms with Crippen LogP contribution in [0.2, 0.25) is 0 Å². The first-order valence-corrected chi connectivity index (χ1v) is 5.68. The van der Waals surface area contributed by atoms with Crippen molar-refractivity contribution in [1.82, 2.24) is 9.97 Å². The summed E-state index contributed by atoms with van der Waals surface area (Å²) in [6.45, 7) is 2.62. The number of nitro groups is 1. The molecule has 19 heavy (non-hydrogen) atoms. The van der Waals surface area contributed by atoms with Crippen molar-refractivity contribution in [3.05, 3.63) is 46.6 Å². The van der Waals surface area contributed by atoms with Gasteiger partial charge in [0.25, 0.3) is 5.69 Å². The van der Waals surface area contributed by atoms with Gasteiger partial charge in [-0.1, -0.05) is 6.07 Å². The average Bonchev–Trinajstić information content (AvgIpc) is 2.40. The molecule has 1 N–H and O–H groups in total. The molecule has 0 radical (unpaired) electrons. The fraction of sp³-hybridized carbons (Fsp3) is 0.167. The minimum atomic E-state index is -0.475. The number of aromatic nitrogens is 2. The molecule has 0 aliphatic carbocycles. The number of nitrogens with one attached hydrogen (secondary N) is 1. The molecule has 0 saturated carbocycles. The van der Waals surface area contributed by atoms with Crippen LogP contribution in [-0.4, -0.2) is 21.4 Å². The van der Waals surface area contributed by atoms with E-state index in [1.54, 1.807) is 24.4 Å². The van der Waals surface area contributed by atoms with E-state index < -0.39 is 4.92 Å². The number of hydrogen-bond donors (Lipinski definition) is 1. The highest BCUT2D eigenvalue weighted by molar-refractivity contribution is 5.40. The number of hydrogen-bond acceptors (Lipinski definition) is 6. The van der Waals surface area contributed by atoms with E-state index in [0.717, 1.165) is 0 Å². The van der Waals surface area contributed by atoms with E-state index in [2.05, 4.69) is 15.3 Å². The zero-order chi connectivity index (χ0) is 13.7. The number of nitrogens with zero attached hydrogens (tertiary/aromatic N) is 3. The van der Waals surface area contributed by atoms with Gasteiger partial charge >= 0.3 is 0 Å². The van der Waals surface area contributed by atoms with Crippen molar-refractivity contribution in [1.29, 1.82) is 0 Å². The number of nitro benzene ring substituents is 1. The minimum Gasteiger partial charge on any atom is -0.439 e. The molecule has 7 nitrogen and oxygen atoms in total. The van der Waals surface area contributed by atoms with Gasteiger partial charge in [0.2, 0.25) is 11.8 Å². The van der Waals surface area contributed by atoms with Crippen LogP contribution in [0.5, 0.6) is 11.6 Å². The topological polar surface area (TPSA) is 90.2 Å². The van der Waals surface area contributed by atoms with Crippen LogP contribution in [-0.2, 0) is 0 Å². The number of rotatable bonds is 5. The van der Waals surface area contributed by atoms with Crippen LogP contribution in [0, 0.1) is 10.1 Å². The molecule has 1 aromatic carbocycles. The molecule has 98 valence electrons. The Morgan fingerprint density at radius 2 is 2.26 bits per heavy atom. The quantitative estimate of drug-likeness (QED) is 0.656. The normalized spacial score (nSPS) is 9.95. The summed E-state index contributed by atoms with van der Waals surface area (Å²) >= 11 is 0. The smallest absolute Gasteiger partial charge is 0.273 e. The monoisotopic (exact) mass is 260 g/mol. The van der Waals surface area contributed by atoms with Crippen molar-refractivity contribution in [2.75, 3.05) is 11.9 Å². The highest BCUT2D eigenvalue weighted by atomic mass is 16.6. The van der Waals surface area contributed by atoms with Gasteiger partial charge < -0.3 is 10.1 Å². The zero-order valence-corrected chi connectivity index (χ0v) is 10.2. The summed E-state index contributed by atoms with van der Waals surface area (Å²) in [4.78, 5) is 18.3. The third-order valence-electron chi connectivity index (χ3n) is 2.22. The molecule has 0 fully saturated rings. The van der Waals surface area contributed by atoms with Gasteiger partial charge in [0, 0.05) is 24.9 Å². The van der Waals surface area contributed by atoms with Gasteiger partial charge in [-0.3, -0.25) is 10.1 Å². The van der Waals surface area contributed by atoms with Gasteiger partial charge in [0.05, 0.1) is 11.0 Å². The summed E-state index contributed by atoms with van der Waals surface area (Å²) in [7, 11) is 0. The fourth-order valence-electron chi connectivity index (χ4n) is 1.42. The maximum atomic E-state index is 10.7. The molecule has 0 spiro atoms. The Kier molecular flexibility index (Phi) is 3.87. The highest BCUT2D eigenvalue weighted by Gasteiger charge is 2.07. The van der Waals surface area contributed by atoms with Crippen LogP contribution in [0.1, 0.15) is 6.92 Å². The summed E-state index contributed by atoms with van der Waals surface area (Å²) in [6, 6.07) is 7.51. The minimum absolute atomic E-state index is 0.0292. The van der Waals surface area contributed by atoms with Crippen molar-refractivity contribution < 1.29 is 9.66 Å². The third-order valence-corrected chi connectivity index (χ3v) is 2.22. The maximum absolute atomic E-state index is 10.7. The second-order valence-electron chi connectivity index (χ2n) is 3.61. The largest absolute Gasteiger partial charge is 0.439 e. The molecule has 2 rings (SSSR count). The zero-order valence-electron chi connectivity index (χ0n) is 10.2. The van der Waals surface area contributed by atoms with Crippen molar-refractivity contribution in [2.45, 2.75) is 6.92 Å². The summed E-state index contributed by atoms with van der Waals surface area (Å²) in [6.07, 6.45) is 1.55. The Balaban J connectivity index is 2.18. The molecule has 0 unspecified atom stereocenters. The summed E-state index contributed by atoms with van der Waals surface area (Å²) in [5.41, 5.74) is -0.0292. The van der Waals surface area contributed by atoms with E-state index in [1.165, 1.54) is 12.1 Å². The lowest BCUT2D eigenvalue weighted by Gasteiger charge is -2.06. The van der Waals surface area contributed by atoms with Crippen molar-refractivity contribution >= 4 is 11.6 Å². The van der Waals surface area contributed by atoms with Crippen molar-refractivity contribution in [3.8, 4) is 11.6 Å². The van der Waals surface area contributed by atoms with Crippen LogP contribution in [0.15, 0.2) is 36.5 Å². The van der Waals surface area contributed by atoms with Crippen LogP contribution in [0.4, 0.5) is 11.6 Å². The van der Waals surface area contributed by atoms with Gasteiger partial charge in [0.15, 0.2) is 0 Å². The molecular weight excluding hydrogens is 248 g/mol. The molecule has 0 amide bonds. The average molecular weight is 260 g/mol. The van der Waals surface area contributed by atoms with Crippen LogP contribution in [0.3, 0.4) is 0 Å². The van der Waals surface area contributed by atoms with Gasteiger partial charge in [-0.25, -0.2) is 4.98 Å². The molecule has 2 aromatic rings. The van der Waals surface area contributed by atoms with Gasteiger partial charge in [0.1, 0.15) is 5.75 Å². The lowest BCUT2D eigenvalue weighted by molar-refractivity contribution is -0.384. The molecule has 7 heteroatoms. The Morgan fingerprint density at radius 1 is 1.42 bits per heavy atom. The van der Waals surface area contributed by atoms with Gasteiger partial charge in [-0.15, -0.1) is 0 Å². The van der Waals surface area contributed by atoms with Crippen LogP contribution in [0.25, 0.3) is 0 Å². The van der Waals surface area contributed by atoms with E-state index in [4.69, 9.17) is 4.74 Å². The standard InChI is InChI=1S/C12H12N4O3/c1-2-13-12-14-7-6-11(15-12)19-10-5-3-4-9(8-10)16(17)18/h3-8H,2H2,1H3,(H,13,14,15). The lowest BCUT2D eigenvalue weighted by atomic mass is 10.3. The first-order valence-electron chi connectivity index (χ1n) is 5.68. The van der Waals surface area contributed by atoms with Gasteiger partial charge in [-0.2, -0.15) is 4.98 Å². The number of benzene rings is 1. The number of anilines is 1. The predicted octanol–water partition coefficient (Wildman–Crippen LogP) is 2.61. The fourth-order valence-corrected chi connectivity index (χ4v) is 1.42. The lowest BCUT2D eigenvalue weighted by Crippen LogP contribution is -2.02. The van der Waals surface area contributed by atoms with Crippen molar-refractivity contribution in [3.63, 3.8) is 0 Å². The summed E-state index contributed by atoms with van der Waals surface area (Å²) in [5, 5.41) is 13.6. The Labute approximate surface area is 109 Å². The van der Waals surface area contributed by atoms with Crippen LogP contribution < -0.4 is 10.1 Å². The first kappa shape index (κ1) is 12.7. The van der Waals surface area contributed by atoms with Crippen LogP contribution >= 0.6 is 0 Å². The molecule has 0 aliphatic rings. The summed E-state index contributed by atoms with van der Waals surface area (Å²) in [5.74, 6) is 1.13.